The highest BCUT2D eigenvalue weighted by molar-refractivity contribution is 6.18. The summed E-state index contributed by atoms with van der Waals surface area (Å²) in [5.74, 6) is -0.0276. The van der Waals surface area contributed by atoms with E-state index >= 15 is 0 Å². The van der Waals surface area contributed by atoms with Gasteiger partial charge in [0.25, 0.3) is 0 Å². The van der Waals surface area contributed by atoms with E-state index in [0.29, 0.717) is 12.5 Å². The van der Waals surface area contributed by atoms with E-state index in [1.54, 1.807) is 0 Å². The van der Waals surface area contributed by atoms with Crippen LogP contribution in [0, 0.1) is 0 Å². The highest BCUT2D eigenvalue weighted by Gasteiger charge is 1.99. The van der Waals surface area contributed by atoms with Crippen LogP contribution in [0.1, 0.15) is 6.92 Å². The number of hydrogen-bond acceptors (Lipinski definition) is 3. The predicted octanol–water partition coefficient (Wildman–Crippen LogP) is 0.805. The van der Waals surface area contributed by atoms with Crippen molar-refractivity contribution in [2.45, 2.75) is 6.92 Å². The molecule has 0 aliphatic rings. The summed E-state index contributed by atoms with van der Waals surface area (Å²) in [6, 6.07) is 0. The van der Waals surface area contributed by atoms with Crippen LogP contribution in [0.15, 0.2) is 0 Å². The van der Waals surface area contributed by atoms with Crippen molar-refractivity contribution in [3.05, 3.63) is 0 Å². The number of carbonyl (C=O) groups excluding carboxylic acids is 1. The molecule has 4 heteroatoms. The lowest BCUT2D eigenvalue weighted by Crippen LogP contribution is -2.13. The molecule has 0 bridgehead atoms. The van der Waals surface area contributed by atoms with Crippen LogP contribution in [0.4, 0.5) is 0 Å². The van der Waals surface area contributed by atoms with Gasteiger partial charge in [0.05, 0.1) is 5.88 Å². The van der Waals surface area contributed by atoms with Gasteiger partial charge in [0.1, 0.15) is 13.2 Å². The van der Waals surface area contributed by atoms with Crippen LogP contribution in [0.3, 0.4) is 0 Å². The molecule has 0 saturated carbocycles. The fourth-order valence-electron chi connectivity index (χ4n) is 0.379. The fourth-order valence-corrected chi connectivity index (χ4v) is 0.457. The van der Waals surface area contributed by atoms with Gasteiger partial charge in [-0.1, -0.05) is 0 Å². The highest BCUT2D eigenvalue weighted by Crippen LogP contribution is 1.82. The quantitative estimate of drug-likeness (QED) is 0.448. The van der Waals surface area contributed by atoms with Crippen LogP contribution in [0.5, 0.6) is 0 Å². The lowest BCUT2D eigenvalue weighted by molar-refractivity contribution is -0.148. The molecule has 10 heavy (non-hydrogen) atoms. The topological polar surface area (TPSA) is 35.5 Å². The maximum atomic E-state index is 10.6. The molecule has 0 aromatic rings. The second kappa shape index (κ2) is 6.83. The maximum absolute atomic E-state index is 10.6. The van der Waals surface area contributed by atoms with Gasteiger partial charge in [0, 0.05) is 6.61 Å². The Kier molecular flexibility index (Phi) is 6.64. The van der Waals surface area contributed by atoms with E-state index in [2.05, 4.69) is 4.74 Å². The SMILES string of the molecule is CCOCC(=O)OCCCl. The number of ether oxygens (including phenoxy) is 2. The molecule has 3 nitrogen and oxygen atoms in total. The van der Waals surface area contributed by atoms with Crippen molar-refractivity contribution in [3.8, 4) is 0 Å². The van der Waals surface area contributed by atoms with Gasteiger partial charge < -0.3 is 9.47 Å². The van der Waals surface area contributed by atoms with Crippen molar-refractivity contribution < 1.29 is 14.3 Å². The number of esters is 1. The molecule has 0 heterocycles. The first-order valence-electron chi connectivity index (χ1n) is 3.10. The molecule has 0 aromatic carbocycles. The molecule has 60 valence electrons. The summed E-state index contributed by atoms with van der Waals surface area (Å²) in [7, 11) is 0. The summed E-state index contributed by atoms with van der Waals surface area (Å²) in [5, 5.41) is 0. The standard InChI is InChI=1S/C6H11ClO3/c1-2-9-5-6(8)10-4-3-7/h2-5H2,1H3. The Bertz CT molecular complexity index is 85.0. The molecule has 0 saturated heterocycles. The van der Waals surface area contributed by atoms with Gasteiger partial charge in [0.2, 0.25) is 0 Å². The van der Waals surface area contributed by atoms with Crippen molar-refractivity contribution in [1.82, 2.24) is 0 Å². The molecule has 0 unspecified atom stereocenters. The molecule has 0 aromatic heterocycles. The molecule has 0 aliphatic carbocycles. The minimum absolute atomic E-state index is 0.0212. The van der Waals surface area contributed by atoms with Crippen LogP contribution in [0.25, 0.3) is 0 Å². The zero-order valence-electron chi connectivity index (χ0n) is 5.93. The van der Waals surface area contributed by atoms with Crippen molar-refractivity contribution in [3.63, 3.8) is 0 Å². The first-order chi connectivity index (χ1) is 4.81. The molecule has 0 amide bonds. The van der Waals surface area contributed by atoms with Crippen molar-refractivity contribution in [2.24, 2.45) is 0 Å². The van der Waals surface area contributed by atoms with Gasteiger partial charge in [-0.05, 0) is 6.92 Å². The molecule has 0 fully saturated rings. The first-order valence-corrected chi connectivity index (χ1v) is 3.64. The highest BCUT2D eigenvalue weighted by atomic mass is 35.5. The minimum Gasteiger partial charge on any atom is -0.463 e. The monoisotopic (exact) mass is 166 g/mol. The second-order valence-corrected chi connectivity index (χ2v) is 1.92. The Hall–Kier alpha value is -0.280. The average Bonchev–Trinajstić information content (AvgIpc) is 1.97. The normalized spacial score (nSPS) is 9.40. The lowest BCUT2D eigenvalue weighted by Gasteiger charge is -2.00. The van der Waals surface area contributed by atoms with Crippen LogP contribution in [-0.4, -0.2) is 31.7 Å². The molecule has 0 radical (unpaired) electrons. The minimum atomic E-state index is -0.359. The molecule has 0 N–H and O–H groups in total. The van der Waals surface area contributed by atoms with E-state index in [1.807, 2.05) is 6.92 Å². The van der Waals surface area contributed by atoms with E-state index < -0.39 is 0 Å². The Morgan fingerprint density at radius 1 is 1.60 bits per heavy atom. The molecule has 0 spiro atoms. The predicted molar refractivity (Wildman–Crippen MR) is 38.2 cm³/mol. The van der Waals surface area contributed by atoms with Crippen LogP contribution in [-0.2, 0) is 14.3 Å². The third kappa shape index (κ3) is 5.85. The number of rotatable bonds is 5. The first kappa shape index (κ1) is 9.72. The van der Waals surface area contributed by atoms with Crippen molar-refractivity contribution in [2.75, 3.05) is 25.7 Å². The van der Waals surface area contributed by atoms with Gasteiger partial charge in [-0.2, -0.15) is 0 Å². The molecular weight excluding hydrogens is 156 g/mol. The second-order valence-electron chi connectivity index (χ2n) is 1.55. The van der Waals surface area contributed by atoms with E-state index in [-0.39, 0.29) is 19.2 Å². The number of alkyl halides is 1. The summed E-state index contributed by atoms with van der Waals surface area (Å²) < 4.78 is 9.37. The van der Waals surface area contributed by atoms with Gasteiger partial charge >= 0.3 is 5.97 Å². The summed E-state index contributed by atoms with van der Waals surface area (Å²) in [6.07, 6.45) is 0. The third-order valence-corrected chi connectivity index (χ3v) is 0.919. The molecular formula is C6H11ClO3. The van der Waals surface area contributed by atoms with Crippen LogP contribution in [0.2, 0.25) is 0 Å². The Balaban J connectivity index is 3.09. The van der Waals surface area contributed by atoms with Crippen molar-refractivity contribution in [1.29, 1.82) is 0 Å². The molecule has 0 rings (SSSR count). The third-order valence-electron chi connectivity index (χ3n) is 0.764. The maximum Gasteiger partial charge on any atom is 0.332 e. The van der Waals surface area contributed by atoms with E-state index in [9.17, 15) is 4.79 Å². The summed E-state index contributed by atoms with van der Waals surface area (Å²) in [4.78, 5) is 10.6. The number of halogens is 1. The van der Waals surface area contributed by atoms with E-state index in [0.717, 1.165) is 0 Å². The molecule has 0 aliphatic heterocycles. The Labute approximate surface area is 65.3 Å². The van der Waals surface area contributed by atoms with Crippen LogP contribution >= 0.6 is 11.6 Å². The zero-order valence-corrected chi connectivity index (χ0v) is 6.69. The van der Waals surface area contributed by atoms with Gasteiger partial charge in [-0.3, -0.25) is 0 Å². The summed E-state index contributed by atoms with van der Waals surface area (Å²) in [5.41, 5.74) is 0. The van der Waals surface area contributed by atoms with Gasteiger partial charge in [-0.25, -0.2) is 4.79 Å². The smallest absolute Gasteiger partial charge is 0.332 e. The fraction of sp³-hybridized carbons (Fsp3) is 0.833. The average molecular weight is 167 g/mol. The summed E-state index contributed by atoms with van der Waals surface area (Å²) in [6.45, 7) is 2.62. The molecule has 0 atom stereocenters. The van der Waals surface area contributed by atoms with E-state index in [4.69, 9.17) is 16.3 Å². The lowest BCUT2D eigenvalue weighted by atomic mass is 10.7. The van der Waals surface area contributed by atoms with Crippen molar-refractivity contribution >= 4 is 17.6 Å². The van der Waals surface area contributed by atoms with Gasteiger partial charge in [-0.15, -0.1) is 11.6 Å². The van der Waals surface area contributed by atoms with Gasteiger partial charge in [0.15, 0.2) is 0 Å². The zero-order chi connectivity index (χ0) is 7.82. The Morgan fingerprint density at radius 2 is 2.30 bits per heavy atom. The Morgan fingerprint density at radius 3 is 2.80 bits per heavy atom. The number of carbonyl (C=O) groups is 1. The summed E-state index contributed by atoms with van der Waals surface area (Å²) >= 11 is 5.26. The van der Waals surface area contributed by atoms with E-state index in [1.165, 1.54) is 0 Å². The van der Waals surface area contributed by atoms with Crippen LogP contribution < -0.4 is 0 Å². The largest absolute Gasteiger partial charge is 0.463 e. The number of hydrogen-bond donors (Lipinski definition) is 0.